The lowest BCUT2D eigenvalue weighted by Crippen LogP contribution is -2.71. The fourth-order valence-electron chi connectivity index (χ4n) is 4.03. The molecule has 0 saturated carbocycles. The van der Waals surface area contributed by atoms with E-state index in [0.29, 0.717) is 17.2 Å². The number of β-lactam (4-membered cyclic amide) rings is 1. The van der Waals surface area contributed by atoms with E-state index in [9.17, 15) is 29.8 Å². The van der Waals surface area contributed by atoms with Gasteiger partial charge < -0.3 is 37.0 Å². The number of anilines is 2. The monoisotopic (exact) mass is 522 g/mol. The van der Waals surface area contributed by atoms with E-state index in [1.807, 2.05) is 0 Å². The van der Waals surface area contributed by atoms with Gasteiger partial charge in [-0.3, -0.25) is 14.5 Å². The lowest BCUT2D eigenvalue weighted by molar-refractivity contribution is -0.694. The Morgan fingerprint density at radius 1 is 1.43 bits per heavy atom. The first-order valence-electron chi connectivity index (χ1n) is 10.3. The summed E-state index contributed by atoms with van der Waals surface area (Å²) in [6, 6.07) is -1.04. The predicted molar refractivity (Wildman–Crippen MR) is 123 cm³/mol. The van der Waals surface area contributed by atoms with Gasteiger partial charge in [-0.25, -0.2) is 14.1 Å². The van der Waals surface area contributed by atoms with E-state index in [2.05, 4.69) is 15.5 Å². The van der Waals surface area contributed by atoms with Gasteiger partial charge in [0.2, 0.25) is 5.82 Å². The third kappa shape index (κ3) is 4.30. The third-order valence-electron chi connectivity index (χ3n) is 5.70. The summed E-state index contributed by atoms with van der Waals surface area (Å²) in [7, 11) is 0. The predicted octanol–water partition coefficient (Wildman–Crippen LogP) is -3.02. The van der Waals surface area contributed by atoms with E-state index in [4.69, 9.17) is 11.5 Å². The Morgan fingerprint density at radius 3 is 2.77 bits per heavy atom. The molecule has 4 rings (SSSR count). The molecule has 14 nitrogen and oxygen atoms in total. The normalized spacial score (nSPS) is 20.0. The van der Waals surface area contributed by atoms with Crippen LogP contribution in [0.1, 0.15) is 11.5 Å². The van der Waals surface area contributed by atoms with Gasteiger partial charge in [-0.1, -0.05) is 5.16 Å². The van der Waals surface area contributed by atoms with Gasteiger partial charge in [0.15, 0.2) is 17.0 Å². The summed E-state index contributed by atoms with van der Waals surface area (Å²) in [5.74, 6) is -1.65. The first-order chi connectivity index (χ1) is 16.7. The van der Waals surface area contributed by atoms with Crippen molar-refractivity contribution in [1.82, 2.24) is 19.8 Å². The van der Waals surface area contributed by atoms with Crippen molar-refractivity contribution < 1.29 is 34.4 Å². The lowest BCUT2D eigenvalue weighted by atomic mass is 10.0. The number of carbonyl (C=O) groups excluding carboxylic acids is 3. The summed E-state index contributed by atoms with van der Waals surface area (Å²) in [5, 5.41) is 36.9. The Labute approximate surface area is 206 Å². The summed E-state index contributed by atoms with van der Waals surface area (Å²) in [5.41, 5.74) is 11.4. The second-order valence-corrected chi connectivity index (χ2v) is 9.72. The molecule has 0 unspecified atom stereocenters. The van der Waals surface area contributed by atoms with Gasteiger partial charge in [-0.05, 0) is 0 Å². The second kappa shape index (κ2) is 9.55. The number of thioether (sulfide) groups is 1. The molecule has 2 aliphatic rings. The van der Waals surface area contributed by atoms with Gasteiger partial charge >= 0.3 is 0 Å². The molecular weight excluding hydrogens is 500 g/mol. The van der Waals surface area contributed by atoms with Gasteiger partial charge in [0, 0.05) is 23.6 Å². The first-order valence-corrected chi connectivity index (χ1v) is 12.2. The van der Waals surface area contributed by atoms with Crippen molar-refractivity contribution in [2.75, 3.05) is 23.8 Å². The Hall–Kier alpha value is -3.63. The number of nitrogen functional groups attached to an aromatic ring is 2. The van der Waals surface area contributed by atoms with Crippen LogP contribution in [0.2, 0.25) is 0 Å². The van der Waals surface area contributed by atoms with E-state index < -0.39 is 34.9 Å². The van der Waals surface area contributed by atoms with Gasteiger partial charge in [-0.2, -0.15) is 0 Å². The number of aliphatic hydroxyl groups is 1. The number of nitrogens with one attached hydrogen (secondary N) is 1. The van der Waals surface area contributed by atoms with E-state index >= 15 is 0 Å². The van der Waals surface area contributed by atoms with Crippen LogP contribution in [-0.4, -0.2) is 72.0 Å². The molecule has 2 amide bonds. The number of hydrogen-bond donors (Lipinski definition) is 5. The molecule has 2 aliphatic heterocycles. The van der Waals surface area contributed by atoms with Crippen molar-refractivity contribution in [1.29, 1.82) is 0 Å². The molecule has 2 atom stereocenters. The Bertz CT molecular complexity index is 1270. The molecule has 0 aromatic carbocycles. The number of nitrogens with two attached hydrogens (primary N) is 2. The number of aliphatic carboxylic acids is 1. The number of oxime groups is 1. The first kappa shape index (κ1) is 24.5. The highest BCUT2D eigenvalue weighted by molar-refractivity contribution is 8.00. The van der Waals surface area contributed by atoms with Crippen molar-refractivity contribution >= 4 is 57.5 Å². The fraction of sp³-hybridized carbons (Fsp3) is 0.368. The summed E-state index contributed by atoms with van der Waals surface area (Å²) in [4.78, 5) is 42.5. The topological polar surface area (TPSA) is 216 Å². The molecule has 0 spiro atoms. The molecule has 4 heterocycles. The van der Waals surface area contributed by atoms with Crippen molar-refractivity contribution in [3.05, 3.63) is 34.4 Å². The number of carbonyl (C=O) groups is 3. The highest BCUT2D eigenvalue weighted by Crippen LogP contribution is 2.40. The van der Waals surface area contributed by atoms with Crippen LogP contribution in [0.25, 0.3) is 0 Å². The Kier molecular flexibility index (Phi) is 6.68. The molecule has 16 heteroatoms. The van der Waals surface area contributed by atoms with E-state index in [1.54, 1.807) is 22.3 Å². The minimum absolute atomic E-state index is 0.0461. The number of rotatable bonds is 8. The van der Waals surface area contributed by atoms with Crippen molar-refractivity contribution in [2.24, 2.45) is 5.16 Å². The number of carboxylic acid groups (broad SMARTS) is 1. The van der Waals surface area contributed by atoms with Crippen molar-refractivity contribution in [3.8, 4) is 0 Å². The number of aliphatic hydroxyl groups excluding tert-OH is 1. The molecule has 1 fully saturated rings. The average molecular weight is 523 g/mol. The number of thiazole rings is 1. The molecule has 186 valence electrons. The molecule has 2 aromatic rings. The van der Waals surface area contributed by atoms with Crippen LogP contribution in [0.15, 0.2) is 28.0 Å². The molecule has 2 aromatic heterocycles. The van der Waals surface area contributed by atoms with Gasteiger partial charge in [0.05, 0.1) is 18.3 Å². The molecule has 0 radical (unpaired) electrons. The molecule has 7 N–H and O–H groups in total. The number of nitrogens with zero attached hydrogens (tertiary/aromatic N) is 5. The number of amides is 2. The Morgan fingerprint density at radius 2 is 2.17 bits per heavy atom. The van der Waals surface area contributed by atoms with Crippen molar-refractivity contribution in [3.63, 3.8) is 0 Å². The van der Waals surface area contributed by atoms with Crippen LogP contribution in [0, 0.1) is 6.92 Å². The minimum atomic E-state index is -1.51. The van der Waals surface area contributed by atoms with Crippen LogP contribution in [0.4, 0.5) is 10.9 Å². The van der Waals surface area contributed by atoms with Crippen LogP contribution in [-0.2, 0) is 27.5 Å². The van der Waals surface area contributed by atoms with E-state index in [-0.39, 0.29) is 42.0 Å². The zero-order chi connectivity index (χ0) is 25.4. The van der Waals surface area contributed by atoms with E-state index in [0.717, 1.165) is 16.2 Å². The fourth-order valence-corrected chi connectivity index (χ4v) is 5.92. The molecule has 0 bridgehead atoms. The number of carboxylic acids is 1. The number of hydrogen-bond acceptors (Lipinski definition) is 12. The summed E-state index contributed by atoms with van der Waals surface area (Å²) >= 11 is 2.32. The van der Waals surface area contributed by atoms with Gasteiger partial charge in [0.1, 0.15) is 30.2 Å². The zero-order valence-corrected chi connectivity index (χ0v) is 20.0. The smallest absolute Gasteiger partial charge is 0.276 e. The highest BCUT2D eigenvalue weighted by Gasteiger charge is 2.53. The third-order valence-corrected chi connectivity index (χ3v) is 7.71. The summed E-state index contributed by atoms with van der Waals surface area (Å²) < 4.78 is 3.42. The highest BCUT2D eigenvalue weighted by atomic mass is 32.2. The quantitative estimate of drug-likeness (QED) is 0.0777. The molecular formula is C19H22N8O6S2. The largest absolute Gasteiger partial charge is 0.543 e. The number of fused-ring (bicyclic) bond motifs is 1. The zero-order valence-electron chi connectivity index (χ0n) is 18.4. The number of imidazole rings is 1. The van der Waals surface area contributed by atoms with Crippen LogP contribution >= 0.6 is 23.1 Å². The maximum absolute atomic E-state index is 12.9. The molecule has 0 aliphatic carbocycles. The maximum Gasteiger partial charge on any atom is 0.276 e. The lowest BCUT2D eigenvalue weighted by Gasteiger charge is -2.50. The van der Waals surface area contributed by atoms with Crippen molar-refractivity contribution in [2.45, 2.75) is 31.4 Å². The molecule has 35 heavy (non-hydrogen) atoms. The second-order valence-electron chi connectivity index (χ2n) is 7.72. The maximum atomic E-state index is 12.9. The van der Waals surface area contributed by atoms with Crippen LogP contribution in [0.5, 0.6) is 0 Å². The number of aromatic nitrogens is 3. The average Bonchev–Trinajstić information content (AvgIpc) is 3.35. The Balaban J connectivity index is 1.54. The van der Waals surface area contributed by atoms with Gasteiger partial charge in [0.25, 0.3) is 17.6 Å². The van der Waals surface area contributed by atoms with Gasteiger partial charge in [-0.15, -0.1) is 23.1 Å². The SMILES string of the molecule is Cc1n(CCO)c(N)c[n+]1CC1=C(C(=O)[O-])N2C(=O)[C@@H](NC(=O)/C(=N\O)c3csc(N)n3)[C@H]2SC1. The summed E-state index contributed by atoms with van der Waals surface area (Å²) in [6.45, 7) is 2.09. The minimum Gasteiger partial charge on any atom is -0.543 e. The molecule has 1 saturated heterocycles. The van der Waals surface area contributed by atoms with Crippen LogP contribution < -0.4 is 26.5 Å². The standard InChI is InChI=1S/C19H22N8O6S2/c1-8-25(5-11(20)26(8)2-3-28)4-9-6-34-17-13(16(30)27(17)14(9)18(31)32)23-15(29)12(24-33)10-7-35-19(21)22-10/h5,7,13,17,28H,2-4,6,20H2,1H3,(H4-,21,22,23,29,31,32,33)/t13-,17-/m1/s1. The summed E-state index contributed by atoms with van der Waals surface area (Å²) in [6.07, 6.45) is 1.63. The van der Waals surface area contributed by atoms with Crippen LogP contribution in [0.3, 0.4) is 0 Å². The van der Waals surface area contributed by atoms with E-state index in [1.165, 1.54) is 17.1 Å².